The number of benzene rings is 1. The fourth-order valence-electron chi connectivity index (χ4n) is 4.08. The molecule has 0 spiro atoms. The standard InChI is InChI=1S/C23H19FN4O4S2/c24-15-6-2-1-4-13(15)10-17-21(30)28(23(32)34-17)9-8-25-18(29)11-27-12-26-20-19(22(27)31)14-5-3-7-16(14)33-20/h1-2,4,6,10,12H,3,5,7-9,11H2,(H,25,29)/b17-10-. The quantitative estimate of drug-likeness (QED) is 0.525. The molecule has 1 aromatic carbocycles. The van der Waals surface area contributed by atoms with Gasteiger partial charge in [-0.2, -0.15) is 0 Å². The third-order valence-corrected chi connectivity index (χ3v) is 7.84. The number of hydrogen-bond acceptors (Lipinski definition) is 7. The summed E-state index contributed by atoms with van der Waals surface area (Å²) in [4.78, 5) is 57.5. The number of aryl methyl sites for hydroxylation is 2. The molecule has 5 rings (SSSR count). The zero-order valence-electron chi connectivity index (χ0n) is 17.9. The maximum Gasteiger partial charge on any atom is 0.293 e. The SMILES string of the molecule is O=C(Cn1cnc2sc3c(c2c1=O)CCC3)NCCN1C(=O)S/C(=C\c2ccccc2F)C1=O. The van der Waals surface area contributed by atoms with E-state index in [1.54, 1.807) is 6.07 Å². The van der Waals surface area contributed by atoms with Gasteiger partial charge < -0.3 is 5.32 Å². The number of nitrogens with zero attached hydrogens (tertiary/aromatic N) is 3. The van der Waals surface area contributed by atoms with Crippen LogP contribution in [0.25, 0.3) is 16.3 Å². The molecule has 3 heterocycles. The highest BCUT2D eigenvalue weighted by molar-refractivity contribution is 8.18. The minimum absolute atomic E-state index is 0.0299. The average molecular weight is 499 g/mol. The summed E-state index contributed by atoms with van der Waals surface area (Å²) in [5.41, 5.74) is 1.03. The van der Waals surface area contributed by atoms with Crippen molar-refractivity contribution < 1.29 is 18.8 Å². The third kappa shape index (κ3) is 4.16. The molecule has 8 nitrogen and oxygen atoms in total. The summed E-state index contributed by atoms with van der Waals surface area (Å²) >= 11 is 2.26. The number of carbonyl (C=O) groups excluding carboxylic acids is 3. The van der Waals surface area contributed by atoms with Crippen LogP contribution in [0.4, 0.5) is 9.18 Å². The lowest BCUT2D eigenvalue weighted by Crippen LogP contribution is -2.39. The molecular weight excluding hydrogens is 479 g/mol. The van der Waals surface area contributed by atoms with Gasteiger partial charge in [-0.25, -0.2) is 9.37 Å². The first-order valence-electron chi connectivity index (χ1n) is 10.7. The zero-order chi connectivity index (χ0) is 23.8. The van der Waals surface area contributed by atoms with Crippen molar-refractivity contribution in [2.75, 3.05) is 13.1 Å². The van der Waals surface area contributed by atoms with Crippen molar-refractivity contribution >= 4 is 56.4 Å². The lowest BCUT2D eigenvalue weighted by atomic mass is 10.2. The van der Waals surface area contributed by atoms with Crippen LogP contribution in [0.2, 0.25) is 0 Å². The van der Waals surface area contributed by atoms with Crippen molar-refractivity contribution in [3.8, 4) is 0 Å². The van der Waals surface area contributed by atoms with E-state index in [1.807, 2.05) is 0 Å². The maximum absolute atomic E-state index is 13.9. The Balaban J connectivity index is 1.20. The predicted octanol–water partition coefficient (Wildman–Crippen LogP) is 2.94. The lowest BCUT2D eigenvalue weighted by molar-refractivity contribution is -0.124. The van der Waals surface area contributed by atoms with E-state index in [2.05, 4.69) is 10.3 Å². The van der Waals surface area contributed by atoms with Gasteiger partial charge in [0.15, 0.2) is 0 Å². The van der Waals surface area contributed by atoms with Crippen LogP contribution >= 0.6 is 23.1 Å². The number of hydrogen-bond donors (Lipinski definition) is 1. The highest BCUT2D eigenvalue weighted by atomic mass is 32.2. The number of nitrogens with one attached hydrogen (secondary N) is 1. The van der Waals surface area contributed by atoms with Crippen LogP contribution in [0, 0.1) is 5.82 Å². The Morgan fingerprint density at radius 2 is 2.03 bits per heavy atom. The van der Waals surface area contributed by atoms with Gasteiger partial charge in [-0.15, -0.1) is 11.3 Å². The lowest BCUT2D eigenvalue weighted by Gasteiger charge is -2.13. The summed E-state index contributed by atoms with van der Waals surface area (Å²) in [6, 6.07) is 5.97. The molecule has 0 radical (unpaired) electrons. The molecule has 1 fully saturated rings. The molecule has 0 saturated carbocycles. The van der Waals surface area contributed by atoms with Gasteiger partial charge in [0.25, 0.3) is 16.7 Å². The first kappa shape index (κ1) is 22.5. The minimum atomic E-state index is -0.537. The highest BCUT2D eigenvalue weighted by Crippen LogP contribution is 2.34. The average Bonchev–Trinajstić information content (AvgIpc) is 3.47. The molecule has 2 aliphatic rings. The smallest absolute Gasteiger partial charge is 0.293 e. The number of thioether (sulfide) groups is 1. The summed E-state index contributed by atoms with van der Waals surface area (Å²) in [6.07, 6.45) is 5.55. The van der Waals surface area contributed by atoms with E-state index in [0.717, 1.165) is 41.5 Å². The fraction of sp³-hybridized carbons (Fsp3) is 0.261. The molecule has 0 unspecified atom stereocenters. The number of amides is 3. The first-order chi connectivity index (χ1) is 16.4. The Bertz CT molecular complexity index is 1430. The van der Waals surface area contributed by atoms with E-state index in [4.69, 9.17) is 0 Å². The summed E-state index contributed by atoms with van der Waals surface area (Å²) in [5.74, 6) is -1.45. The van der Waals surface area contributed by atoms with E-state index >= 15 is 0 Å². The predicted molar refractivity (Wildman–Crippen MR) is 128 cm³/mol. The number of fused-ring (bicyclic) bond motifs is 3. The van der Waals surface area contributed by atoms with Crippen molar-refractivity contribution in [2.24, 2.45) is 0 Å². The summed E-state index contributed by atoms with van der Waals surface area (Å²) in [7, 11) is 0. The molecule has 0 atom stereocenters. The van der Waals surface area contributed by atoms with E-state index in [1.165, 1.54) is 51.4 Å². The summed E-state index contributed by atoms with van der Waals surface area (Å²) in [5, 5.41) is 2.75. The van der Waals surface area contributed by atoms with Gasteiger partial charge in [0.05, 0.1) is 16.6 Å². The molecule has 11 heteroatoms. The van der Waals surface area contributed by atoms with Gasteiger partial charge in [-0.1, -0.05) is 18.2 Å². The topological polar surface area (TPSA) is 101 Å². The van der Waals surface area contributed by atoms with E-state index < -0.39 is 22.9 Å². The first-order valence-corrected chi connectivity index (χ1v) is 12.3. The number of imide groups is 1. The van der Waals surface area contributed by atoms with Gasteiger partial charge in [0.2, 0.25) is 5.91 Å². The van der Waals surface area contributed by atoms with Crippen molar-refractivity contribution in [1.29, 1.82) is 0 Å². The number of aromatic nitrogens is 2. The number of thiophene rings is 1. The highest BCUT2D eigenvalue weighted by Gasteiger charge is 2.34. The maximum atomic E-state index is 13.9. The molecule has 3 aromatic rings. The number of rotatable bonds is 6. The molecule has 174 valence electrons. The molecule has 1 aliphatic carbocycles. The van der Waals surface area contributed by atoms with E-state index in [9.17, 15) is 23.6 Å². The van der Waals surface area contributed by atoms with Gasteiger partial charge in [-0.05, 0) is 48.7 Å². The van der Waals surface area contributed by atoms with Crippen molar-refractivity contribution in [1.82, 2.24) is 19.8 Å². The van der Waals surface area contributed by atoms with Crippen molar-refractivity contribution in [3.63, 3.8) is 0 Å². The van der Waals surface area contributed by atoms with E-state index in [-0.39, 0.29) is 35.7 Å². The van der Waals surface area contributed by atoms with Crippen LogP contribution in [0.3, 0.4) is 0 Å². The largest absolute Gasteiger partial charge is 0.353 e. The Morgan fingerprint density at radius 1 is 1.21 bits per heavy atom. The van der Waals surface area contributed by atoms with Crippen LogP contribution in [0.15, 0.2) is 40.3 Å². The van der Waals surface area contributed by atoms with Crippen LogP contribution in [-0.4, -0.2) is 44.6 Å². The fourth-order valence-corrected chi connectivity index (χ4v) is 6.15. The Hall–Kier alpha value is -3.31. The molecule has 0 bridgehead atoms. The van der Waals surface area contributed by atoms with E-state index in [0.29, 0.717) is 10.2 Å². The molecule has 1 aliphatic heterocycles. The molecule has 1 N–H and O–H groups in total. The van der Waals surface area contributed by atoms with Gasteiger partial charge in [-0.3, -0.25) is 28.6 Å². The second-order valence-electron chi connectivity index (χ2n) is 7.92. The molecule has 3 amide bonds. The monoisotopic (exact) mass is 498 g/mol. The van der Waals surface area contributed by atoms with Gasteiger partial charge in [0.1, 0.15) is 17.2 Å². The van der Waals surface area contributed by atoms with Crippen LogP contribution in [0.1, 0.15) is 22.4 Å². The Labute approximate surface area is 201 Å². The number of carbonyl (C=O) groups is 3. The Morgan fingerprint density at radius 3 is 2.85 bits per heavy atom. The second kappa shape index (κ2) is 9.15. The minimum Gasteiger partial charge on any atom is -0.353 e. The van der Waals surface area contributed by atoms with Gasteiger partial charge in [0, 0.05) is 23.5 Å². The van der Waals surface area contributed by atoms with Crippen molar-refractivity contribution in [2.45, 2.75) is 25.8 Å². The van der Waals surface area contributed by atoms with Crippen LogP contribution < -0.4 is 10.9 Å². The summed E-state index contributed by atoms with van der Waals surface area (Å²) < 4.78 is 15.1. The molecule has 2 aromatic heterocycles. The molecule has 1 saturated heterocycles. The van der Waals surface area contributed by atoms with Gasteiger partial charge >= 0.3 is 0 Å². The zero-order valence-corrected chi connectivity index (χ0v) is 19.5. The van der Waals surface area contributed by atoms with Crippen LogP contribution in [0.5, 0.6) is 0 Å². The molecular formula is C23H19FN4O4S2. The molecule has 34 heavy (non-hydrogen) atoms. The Kier molecular flexibility index (Phi) is 6.05. The van der Waals surface area contributed by atoms with Crippen molar-refractivity contribution in [3.05, 3.63) is 67.7 Å². The number of halogens is 1. The van der Waals surface area contributed by atoms with Crippen LogP contribution in [-0.2, 0) is 29.0 Å². The summed E-state index contributed by atoms with van der Waals surface area (Å²) in [6.45, 7) is -0.209. The normalized spacial score (nSPS) is 16.6. The third-order valence-electron chi connectivity index (χ3n) is 5.73. The second-order valence-corrected chi connectivity index (χ2v) is 10.00.